The molecule has 3 nitrogen and oxygen atoms in total. The van der Waals surface area contributed by atoms with Gasteiger partial charge in [0.1, 0.15) is 0 Å². The third-order valence-electron chi connectivity index (χ3n) is 3.25. The van der Waals surface area contributed by atoms with E-state index >= 15 is 0 Å². The second-order valence-corrected chi connectivity index (χ2v) is 5.24. The summed E-state index contributed by atoms with van der Waals surface area (Å²) >= 11 is 3.48. The zero-order valence-electron chi connectivity index (χ0n) is 10.5. The summed E-state index contributed by atoms with van der Waals surface area (Å²) in [5.41, 5.74) is 2.27. The van der Waals surface area contributed by atoms with Crippen LogP contribution in [-0.4, -0.2) is 18.1 Å². The van der Waals surface area contributed by atoms with Crippen LogP contribution in [0.15, 0.2) is 28.9 Å². The molecule has 0 amide bonds. The van der Waals surface area contributed by atoms with Crippen molar-refractivity contribution in [2.75, 3.05) is 7.11 Å². The maximum absolute atomic E-state index is 11.4. The summed E-state index contributed by atoms with van der Waals surface area (Å²) in [6.45, 7) is 2.09. The molecule has 2 aromatic rings. The van der Waals surface area contributed by atoms with Crippen LogP contribution in [0, 0.1) is 0 Å². The van der Waals surface area contributed by atoms with Crippen molar-refractivity contribution >= 4 is 32.8 Å². The van der Waals surface area contributed by atoms with E-state index in [9.17, 15) is 4.79 Å². The van der Waals surface area contributed by atoms with Gasteiger partial charge >= 0.3 is 5.97 Å². The van der Waals surface area contributed by atoms with Gasteiger partial charge in [0.25, 0.3) is 0 Å². The first kappa shape index (κ1) is 13.1. The fourth-order valence-electron chi connectivity index (χ4n) is 2.21. The molecular weight excluding hydrogens is 294 g/mol. The van der Waals surface area contributed by atoms with Gasteiger partial charge in [0.15, 0.2) is 0 Å². The molecule has 0 saturated heterocycles. The number of esters is 1. The van der Waals surface area contributed by atoms with Crippen LogP contribution in [0.1, 0.15) is 31.2 Å². The quantitative estimate of drug-likeness (QED) is 0.868. The van der Waals surface area contributed by atoms with E-state index in [-0.39, 0.29) is 11.9 Å². The molecule has 0 aliphatic heterocycles. The minimum absolute atomic E-state index is 0.161. The molecule has 0 spiro atoms. The van der Waals surface area contributed by atoms with Crippen LogP contribution in [0.25, 0.3) is 10.9 Å². The van der Waals surface area contributed by atoms with Crippen LogP contribution in [0.5, 0.6) is 0 Å². The highest BCUT2D eigenvalue weighted by molar-refractivity contribution is 9.10. The average Bonchev–Trinajstić information content (AvgIpc) is 2.78. The number of aromatic amines is 1. The molecule has 0 saturated carbocycles. The highest BCUT2D eigenvalue weighted by atomic mass is 79.9. The van der Waals surface area contributed by atoms with E-state index in [2.05, 4.69) is 33.9 Å². The van der Waals surface area contributed by atoms with Gasteiger partial charge in [-0.3, -0.25) is 4.79 Å². The third kappa shape index (κ3) is 2.58. The molecular formula is C14H16BrNO2. The molecule has 1 atom stereocenters. The molecule has 4 heteroatoms. The first-order valence-electron chi connectivity index (χ1n) is 5.99. The SMILES string of the molecule is CC[C@@H](CC(=O)OC)c1c[nH]c2ccc(Br)cc12. The van der Waals surface area contributed by atoms with Crippen LogP contribution in [-0.2, 0) is 9.53 Å². The number of carbonyl (C=O) groups excluding carboxylic acids is 1. The molecule has 1 aromatic heterocycles. The van der Waals surface area contributed by atoms with Crippen molar-refractivity contribution in [1.29, 1.82) is 0 Å². The number of benzene rings is 1. The Morgan fingerprint density at radius 2 is 2.28 bits per heavy atom. The Morgan fingerprint density at radius 3 is 2.94 bits per heavy atom. The van der Waals surface area contributed by atoms with Gasteiger partial charge in [-0.1, -0.05) is 22.9 Å². The average molecular weight is 310 g/mol. The molecule has 0 fully saturated rings. The van der Waals surface area contributed by atoms with Crippen LogP contribution in [0.2, 0.25) is 0 Å². The molecule has 0 bridgehead atoms. The van der Waals surface area contributed by atoms with Crippen molar-refractivity contribution in [2.45, 2.75) is 25.7 Å². The summed E-state index contributed by atoms with van der Waals surface area (Å²) in [6, 6.07) is 6.12. The van der Waals surface area contributed by atoms with Gasteiger partial charge in [0.05, 0.1) is 13.5 Å². The predicted octanol–water partition coefficient (Wildman–Crippen LogP) is 3.99. The van der Waals surface area contributed by atoms with Crippen LogP contribution in [0.4, 0.5) is 0 Å². The smallest absolute Gasteiger partial charge is 0.306 e. The first-order valence-corrected chi connectivity index (χ1v) is 6.78. The van der Waals surface area contributed by atoms with Gasteiger partial charge < -0.3 is 9.72 Å². The highest BCUT2D eigenvalue weighted by Gasteiger charge is 2.18. The number of carbonyl (C=O) groups is 1. The van der Waals surface area contributed by atoms with Gasteiger partial charge in [-0.15, -0.1) is 0 Å². The highest BCUT2D eigenvalue weighted by Crippen LogP contribution is 2.32. The zero-order valence-corrected chi connectivity index (χ0v) is 12.1. The summed E-state index contributed by atoms with van der Waals surface area (Å²) in [5, 5.41) is 1.17. The molecule has 0 aliphatic carbocycles. The van der Waals surface area contributed by atoms with Crippen LogP contribution in [0.3, 0.4) is 0 Å². The maximum Gasteiger partial charge on any atom is 0.306 e. The summed E-state index contributed by atoms with van der Waals surface area (Å²) in [7, 11) is 1.43. The Balaban J connectivity index is 2.38. The molecule has 96 valence electrons. The molecule has 0 unspecified atom stereocenters. The Labute approximate surface area is 115 Å². The molecule has 1 heterocycles. The Morgan fingerprint density at radius 1 is 1.50 bits per heavy atom. The fraction of sp³-hybridized carbons (Fsp3) is 0.357. The Kier molecular flexibility index (Phi) is 4.07. The summed E-state index contributed by atoms with van der Waals surface area (Å²) in [6.07, 6.45) is 3.33. The van der Waals surface area contributed by atoms with Crippen LogP contribution < -0.4 is 0 Å². The van der Waals surface area contributed by atoms with Crippen molar-refractivity contribution in [2.24, 2.45) is 0 Å². The van der Waals surface area contributed by atoms with Crippen molar-refractivity contribution in [3.05, 3.63) is 34.4 Å². The minimum atomic E-state index is -0.161. The number of H-pyrrole nitrogens is 1. The molecule has 1 N–H and O–H groups in total. The lowest BCUT2D eigenvalue weighted by molar-refractivity contribution is -0.141. The van der Waals surface area contributed by atoms with Gasteiger partial charge in [-0.25, -0.2) is 0 Å². The normalized spacial score (nSPS) is 12.6. The lowest BCUT2D eigenvalue weighted by Gasteiger charge is -2.12. The van der Waals surface area contributed by atoms with Gasteiger partial charge in [-0.05, 0) is 36.1 Å². The lowest BCUT2D eigenvalue weighted by Crippen LogP contribution is -2.07. The molecule has 2 rings (SSSR count). The van der Waals surface area contributed by atoms with Crippen molar-refractivity contribution < 1.29 is 9.53 Å². The number of rotatable bonds is 4. The predicted molar refractivity (Wildman–Crippen MR) is 75.7 cm³/mol. The standard InChI is InChI=1S/C14H16BrNO2/c1-3-9(6-14(17)18-2)12-8-16-13-5-4-10(15)7-11(12)13/h4-5,7-9,16H,3,6H2,1-2H3/t9-/m0/s1. The molecule has 1 aromatic carbocycles. The monoisotopic (exact) mass is 309 g/mol. The molecule has 0 radical (unpaired) electrons. The molecule has 18 heavy (non-hydrogen) atoms. The maximum atomic E-state index is 11.4. The van der Waals surface area contributed by atoms with E-state index in [1.165, 1.54) is 18.1 Å². The summed E-state index contributed by atoms with van der Waals surface area (Å²) < 4.78 is 5.80. The number of aromatic nitrogens is 1. The van der Waals surface area contributed by atoms with E-state index in [1.807, 2.05) is 18.3 Å². The first-order chi connectivity index (χ1) is 8.65. The van der Waals surface area contributed by atoms with Crippen molar-refractivity contribution in [3.63, 3.8) is 0 Å². The van der Waals surface area contributed by atoms with E-state index in [0.29, 0.717) is 6.42 Å². The number of nitrogens with one attached hydrogen (secondary N) is 1. The lowest BCUT2D eigenvalue weighted by atomic mass is 9.93. The number of methoxy groups -OCH3 is 1. The van der Waals surface area contributed by atoms with Crippen molar-refractivity contribution in [3.8, 4) is 0 Å². The van der Waals surface area contributed by atoms with Crippen molar-refractivity contribution in [1.82, 2.24) is 4.98 Å². The topological polar surface area (TPSA) is 42.1 Å². The number of hydrogen-bond acceptors (Lipinski definition) is 2. The van der Waals surface area contributed by atoms with Gasteiger partial charge in [0, 0.05) is 21.6 Å². The van der Waals surface area contributed by atoms with E-state index < -0.39 is 0 Å². The second-order valence-electron chi connectivity index (χ2n) is 4.32. The molecule has 0 aliphatic rings. The van der Waals surface area contributed by atoms with Crippen LogP contribution >= 0.6 is 15.9 Å². The summed E-state index contributed by atoms with van der Waals surface area (Å²) in [4.78, 5) is 14.7. The summed E-state index contributed by atoms with van der Waals surface area (Å²) in [5.74, 6) is 0.0340. The Hall–Kier alpha value is -1.29. The fourth-order valence-corrected chi connectivity index (χ4v) is 2.57. The van der Waals surface area contributed by atoms with Gasteiger partial charge in [-0.2, -0.15) is 0 Å². The number of hydrogen-bond donors (Lipinski definition) is 1. The Bertz CT molecular complexity index is 562. The zero-order chi connectivity index (χ0) is 13.1. The third-order valence-corrected chi connectivity index (χ3v) is 3.74. The largest absolute Gasteiger partial charge is 0.469 e. The number of halogens is 1. The van der Waals surface area contributed by atoms with E-state index in [1.54, 1.807) is 0 Å². The second kappa shape index (κ2) is 5.57. The number of fused-ring (bicyclic) bond motifs is 1. The van der Waals surface area contributed by atoms with E-state index in [4.69, 9.17) is 4.74 Å². The van der Waals surface area contributed by atoms with E-state index in [0.717, 1.165) is 16.4 Å². The number of ether oxygens (including phenoxy) is 1. The van der Waals surface area contributed by atoms with Gasteiger partial charge in [0.2, 0.25) is 0 Å². The minimum Gasteiger partial charge on any atom is -0.469 e.